The molecule has 3 heteroatoms. The highest BCUT2D eigenvalue weighted by atomic mass is 32.2. The summed E-state index contributed by atoms with van der Waals surface area (Å²) in [5.74, 6) is 0. The zero-order valence-electron chi connectivity index (χ0n) is 8.60. The molecule has 2 fully saturated rings. The molecule has 0 bridgehead atoms. The Kier molecular flexibility index (Phi) is 2.86. The molecule has 2 nitrogen and oxygen atoms in total. The fourth-order valence-electron chi connectivity index (χ4n) is 2.40. The molecule has 2 aliphatic rings. The average Bonchev–Trinajstić information content (AvgIpc) is 2.55. The van der Waals surface area contributed by atoms with Crippen molar-refractivity contribution in [3.05, 3.63) is 0 Å². The van der Waals surface area contributed by atoms with Crippen molar-refractivity contribution in [2.75, 3.05) is 13.1 Å². The lowest BCUT2D eigenvalue weighted by Gasteiger charge is -2.42. The lowest BCUT2D eigenvalue weighted by atomic mass is 10.1. The third-order valence-corrected chi connectivity index (χ3v) is 4.75. The van der Waals surface area contributed by atoms with Crippen LogP contribution in [0.2, 0.25) is 0 Å². The number of nitrogens with one attached hydrogen (secondary N) is 2. The summed E-state index contributed by atoms with van der Waals surface area (Å²) in [5, 5.41) is 8.09. The van der Waals surface area contributed by atoms with E-state index in [9.17, 15) is 0 Å². The van der Waals surface area contributed by atoms with E-state index in [4.69, 9.17) is 0 Å². The maximum absolute atomic E-state index is 3.67. The van der Waals surface area contributed by atoms with Crippen LogP contribution in [0.4, 0.5) is 0 Å². The second kappa shape index (κ2) is 3.79. The molecule has 2 rings (SSSR count). The van der Waals surface area contributed by atoms with Gasteiger partial charge in [-0.3, -0.25) is 0 Å². The van der Waals surface area contributed by atoms with E-state index in [0.29, 0.717) is 6.04 Å². The van der Waals surface area contributed by atoms with Gasteiger partial charge in [0.25, 0.3) is 0 Å². The Bertz CT molecular complexity index is 180. The number of hydrogen-bond donors (Lipinski definition) is 2. The van der Waals surface area contributed by atoms with Gasteiger partial charge in [-0.15, -0.1) is 11.8 Å². The van der Waals surface area contributed by atoms with E-state index in [-0.39, 0.29) is 4.87 Å². The zero-order valence-corrected chi connectivity index (χ0v) is 9.41. The van der Waals surface area contributed by atoms with Crippen LogP contribution in [-0.2, 0) is 0 Å². The highest BCUT2D eigenvalue weighted by Gasteiger charge is 2.39. The van der Waals surface area contributed by atoms with Gasteiger partial charge in [0.15, 0.2) is 0 Å². The van der Waals surface area contributed by atoms with Gasteiger partial charge in [0.05, 0.1) is 4.87 Å². The van der Waals surface area contributed by atoms with Gasteiger partial charge in [-0.25, -0.2) is 0 Å². The average molecular weight is 200 g/mol. The number of rotatable bonds is 1. The lowest BCUT2D eigenvalue weighted by molar-refractivity contribution is 0.372. The Morgan fingerprint density at radius 1 is 1.31 bits per heavy atom. The highest BCUT2D eigenvalue weighted by molar-refractivity contribution is 8.01. The molecule has 2 heterocycles. The second-order valence-electron chi connectivity index (χ2n) is 4.40. The van der Waals surface area contributed by atoms with Crippen LogP contribution in [0.1, 0.15) is 33.1 Å². The van der Waals surface area contributed by atoms with Crippen LogP contribution in [0.25, 0.3) is 0 Å². The van der Waals surface area contributed by atoms with E-state index in [0.717, 1.165) is 5.25 Å². The van der Waals surface area contributed by atoms with Crippen molar-refractivity contribution in [1.29, 1.82) is 0 Å². The fourth-order valence-corrected chi connectivity index (χ4v) is 4.02. The molecule has 0 saturated carbocycles. The van der Waals surface area contributed by atoms with E-state index in [2.05, 4.69) is 36.2 Å². The van der Waals surface area contributed by atoms with Crippen LogP contribution >= 0.6 is 11.8 Å². The normalized spacial score (nSPS) is 46.6. The Morgan fingerprint density at radius 2 is 2.15 bits per heavy atom. The first-order valence-electron chi connectivity index (χ1n) is 5.37. The van der Waals surface area contributed by atoms with Crippen molar-refractivity contribution in [3.63, 3.8) is 0 Å². The minimum atomic E-state index is 0.286. The topological polar surface area (TPSA) is 24.1 Å². The SMILES string of the molecule is CC1CCNC(C)(C2CCCN2)S1. The Labute approximate surface area is 85.2 Å². The summed E-state index contributed by atoms with van der Waals surface area (Å²) in [7, 11) is 0. The van der Waals surface area contributed by atoms with Gasteiger partial charge < -0.3 is 10.6 Å². The summed E-state index contributed by atoms with van der Waals surface area (Å²) < 4.78 is 0. The van der Waals surface area contributed by atoms with Crippen molar-refractivity contribution in [2.45, 2.75) is 49.3 Å². The van der Waals surface area contributed by atoms with Crippen molar-refractivity contribution in [2.24, 2.45) is 0 Å². The fraction of sp³-hybridized carbons (Fsp3) is 1.00. The molecular weight excluding hydrogens is 180 g/mol. The molecule has 2 N–H and O–H groups in total. The van der Waals surface area contributed by atoms with Gasteiger partial charge in [0.2, 0.25) is 0 Å². The van der Waals surface area contributed by atoms with Gasteiger partial charge in [-0.1, -0.05) is 6.92 Å². The molecule has 0 spiro atoms. The Morgan fingerprint density at radius 3 is 2.77 bits per heavy atom. The first-order chi connectivity index (χ1) is 6.21. The van der Waals surface area contributed by atoms with Gasteiger partial charge in [0.1, 0.15) is 0 Å². The van der Waals surface area contributed by atoms with Gasteiger partial charge in [0, 0.05) is 11.3 Å². The Hall–Kier alpha value is 0.270. The monoisotopic (exact) mass is 200 g/mol. The first kappa shape index (κ1) is 9.81. The summed E-state index contributed by atoms with van der Waals surface area (Å²) in [5.41, 5.74) is 0. The molecule has 0 aromatic carbocycles. The molecule has 0 aromatic rings. The quantitative estimate of drug-likeness (QED) is 0.672. The van der Waals surface area contributed by atoms with E-state index in [1.165, 1.54) is 32.4 Å². The first-order valence-corrected chi connectivity index (χ1v) is 6.25. The summed E-state index contributed by atoms with van der Waals surface area (Å²) in [6, 6.07) is 0.681. The number of thioether (sulfide) groups is 1. The summed E-state index contributed by atoms with van der Waals surface area (Å²) >= 11 is 2.11. The zero-order chi connectivity index (χ0) is 9.31. The van der Waals surface area contributed by atoms with E-state index >= 15 is 0 Å². The van der Waals surface area contributed by atoms with E-state index < -0.39 is 0 Å². The largest absolute Gasteiger partial charge is 0.311 e. The molecule has 0 aliphatic carbocycles. The summed E-state index contributed by atoms with van der Waals surface area (Å²) in [4.78, 5) is 0.286. The van der Waals surface area contributed by atoms with Crippen LogP contribution in [0.3, 0.4) is 0 Å². The standard InChI is InChI=1S/C10H20N2S/c1-8-5-7-12-10(2,13-8)9-4-3-6-11-9/h8-9,11-12H,3-7H2,1-2H3. The molecule has 3 unspecified atom stereocenters. The summed E-state index contributed by atoms with van der Waals surface area (Å²) in [6.45, 7) is 7.09. The van der Waals surface area contributed by atoms with Gasteiger partial charge in [-0.2, -0.15) is 0 Å². The smallest absolute Gasteiger partial charge is 0.0774 e. The molecule has 13 heavy (non-hydrogen) atoms. The second-order valence-corrected chi connectivity index (χ2v) is 6.29. The van der Waals surface area contributed by atoms with Gasteiger partial charge in [-0.05, 0) is 39.3 Å². The molecule has 0 aromatic heterocycles. The van der Waals surface area contributed by atoms with Crippen LogP contribution in [-0.4, -0.2) is 29.3 Å². The highest BCUT2D eigenvalue weighted by Crippen LogP contribution is 2.37. The molecular formula is C10H20N2S. The third-order valence-electron chi connectivity index (χ3n) is 3.20. The molecule has 2 saturated heterocycles. The minimum Gasteiger partial charge on any atom is -0.311 e. The van der Waals surface area contributed by atoms with E-state index in [1.54, 1.807) is 0 Å². The van der Waals surface area contributed by atoms with Crippen molar-refractivity contribution in [3.8, 4) is 0 Å². The van der Waals surface area contributed by atoms with Crippen LogP contribution in [0.5, 0.6) is 0 Å². The number of hydrogen-bond acceptors (Lipinski definition) is 3. The molecule has 0 radical (unpaired) electrons. The maximum Gasteiger partial charge on any atom is 0.0774 e. The predicted octanol–water partition coefficient (Wildman–Crippen LogP) is 1.57. The lowest BCUT2D eigenvalue weighted by Crippen LogP contribution is -2.56. The minimum absolute atomic E-state index is 0.286. The molecule has 3 atom stereocenters. The van der Waals surface area contributed by atoms with Crippen molar-refractivity contribution >= 4 is 11.8 Å². The van der Waals surface area contributed by atoms with Gasteiger partial charge >= 0.3 is 0 Å². The van der Waals surface area contributed by atoms with Crippen molar-refractivity contribution in [1.82, 2.24) is 10.6 Å². The predicted molar refractivity (Wildman–Crippen MR) is 59.1 cm³/mol. The maximum atomic E-state index is 3.67. The molecule has 0 amide bonds. The van der Waals surface area contributed by atoms with Crippen molar-refractivity contribution < 1.29 is 0 Å². The van der Waals surface area contributed by atoms with Crippen LogP contribution < -0.4 is 10.6 Å². The summed E-state index contributed by atoms with van der Waals surface area (Å²) in [6.07, 6.45) is 3.99. The third kappa shape index (κ3) is 2.03. The molecule has 2 aliphatic heterocycles. The van der Waals surface area contributed by atoms with E-state index in [1.807, 2.05) is 0 Å². The van der Waals surface area contributed by atoms with Crippen LogP contribution in [0.15, 0.2) is 0 Å². The molecule has 76 valence electrons. The Balaban J connectivity index is 2.00. The van der Waals surface area contributed by atoms with Crippen LogP contribution in [0, 0.1) is 0 Å².